The zero-order valence-corrected chi connectivity index (χ0v) is 9.32. The molecular formula is C11H22N2O. The second-order valence-corrected chi connectivity index (χ2v) is 3.84. The lowest BCUT2D eigenvalue weighted by Crippen LogP contribution is -2.36. The van der Waals surface area contributed by atoms with Crippen molar-refractivity contribution in [2.24, 2.45) is 0 Å². The van der Waals surface area contributed by atoms with Crippen molar-refractivity contribution < 1.29 is 5.21 Å². The van der Waals surface area contributed by atoms with Gasteiger partial charge in [0.2, 0.25) is 0 Å². The highest BCUT2D eigenvalue weighted by atomic mass is 16.5. The minimum absolute atomic E-state index is 0.178. The lowest BCUT2D eigenvalue weighted by atomic mass is 10.1. The molecule has 0 saturated heterocycles. The zero-order chi connectivity index (χ0) is 10.4. The Balaban J connectivity index is 2.22. The summed E-state index contributed by atoms with van der Waals surface area (Å²) in [4.78, 5) is 2.17. The number of nitrogens with zero attached hydrogens (tertiary/aromatic N) is 2. The monoisotopic (exact) mass is 198 g/mol. The highest BCUT2D eigenvalue weighted by Gasteiger charge is 2.22. The van der Waals surface area contributed by atoms with Crippen LogP contribution in [0.15, 0.2) is 12.4 Å². The number of hydroxylamine groups is 2. The largest absolute Gasteiger partial charge is 0.354 e. The molecule has 3 nitrogen and oxygen atoms in total. The Hall–Kier alpha value is -0.700. The molecule has 0 aromatic rings. The molecule has 82 valence electrons. The van der Waals surface area contributed by atoms with Crippen LogP contribution in [0.3, 0.4) is 0 Å². The van der Waals surface area contributed by atoms with Crippen LogP contribution in [0.5, 0.6) is 0 Å². The van der Waals surface area contributed by atoms with Crippen molar-refractivity contribution >= 4 is 0 Å². The summed E-state index contributed by atoms with van der Waals surface area (Å²) in [7, 11) is 0. The van der Waals surface area contributed by atoms with Crippen LogP contribution in [0, 0.1) is 0 Å². The smallest absolute Gasteiger partial charge is 0.126 e. The van der Waals surface area contributed by atoms with Gasteiger partial charge in [0.05, 0.1) is 0 Å². The Bertz CT molecular complexity index is 182. The third-order valence-corrected chi connectivity index (χ3v) is 2.78. The van der Waals surface area contributed by atoms with Crippen molar-refractivity contribution in [2.75, 3.05) is 6.54 Å². The van der Waals surface area contributed by atoms with E-state index in [0.29, 0.717) is 0 Å². The van der Waals surface area contributed by atoms with Crippen LogP contribution in [-0.4, -0.2) is 27.9 Å². The lowest BCUT2D eigenvalue weighted by molar-refractivity contribution is -0.105. The van der Waals surface area contributed by atoms with Crippen LogP contribution in [0.2, 0.25) is 0 Å². The maximum atomic E-state index is 9.55. The van der Waals surface area contributed by atoms with E-state index < -0.39 is 0 Å². The molecule has 0 radical (unpaired) electrons. The summed E-state index contributed by atoms with van der Waals surface area (Å²) < 4.78 is 0. The summed E-state index contributed by atoms with van der Waals surface area (Å²) >= 11 is 0. The average Bonchev–Trinajstić information content (AvgIpc) is 2.55. The van der Waals surface area contributed by atoms with Crippen LogP contribution < -0.4 is 0 Å². The normalized spacial score (nSPS) is 20.9. The summed E-state index contributed by atoms with van der Waals surface area (Å²) in [6.45, 7) is 5.29. The van der Waals surface area contributed by atoms with Gasteiger partial charge in [0.15, 0.2) is 0 Å². The number of hydrogen-bond acceptors (Lipinski definition) is 3. The minimum atomic E-state index is 0.178. The van der Waals surface area contributed by atoms with Gasteiger partial charge in [0.1, 0.15) is 6.17 Å². The minimum Gasteiger partial charge on any atom is -0.354 e. The van der Waals surface area contributed by atoms with Gasteiger partial charge < -0.3 is 4.90 Å². The van der Waals surface area contributed by atoms with Crippen LogP contribution in [0.1, 0.15) is 46.0 Å². The van der Waals surface area contributed by atoms with Crippen LogP contribution >= 0.6 is 0 Å². The summed E-state index contributed by atoms with van der Waals surface area (Å²) in [6.07, 6.45) is 9.99. The molecule has 1 rings (SSSR count). The second kappa shape index (κ2) is 5.91. The second-order valence-electron chi connectivity index (χ2n) is 3.84. The van der Waals surface area contributed by atoms with Gasteiger partial charge in [-0.2, -0.15) is 0 Å². The predicted molar refractivity (Wildman–Crippen MR) is 57.7 cm³/mol. The first kappa shape index (κ1) is 11.4. The summed E-state index contributed by atoms with van der Waals surface area (Å²) in [6, 6.07) is 0. The van der Waals surface area contributed by atoms with E-state index in [1.54, 1.807) is 6.20 Å². The Morgan fingerprint density at radius 3 is 2.57 bits per heavy atom. The van der Waals surface area contributed by atoms with Gasteiger partial charge in [-0.3, -0.25) is 5.21 Å². The van der Waals surface area contributed by atoms with Gasteiger partial charge in [-0.05, 0) is 19.8 Å². The van der Waals surface area contributed by atoms with E-state index in [1.807, 2.05) is 6.20 Å². The topological polar surface area (TPSA) is 26.7 Å². The van der Waals surface area contributed by atoms with Crippen molar-refractivity contribution in [3.8, 4) is 0 Å². The van der Waals surface area contributed by atoms with Crippen LogP contribution in [-0.2, 0) is 0 Å². The van der Waals surface area contributed by atoms with E-state index >= 15 is 0 Å². The SMILES string of the molecule is CCCCCCC1N(O)C=CN1CC. The Morgan fingerprint density at radius 2 is 1.93 bits per heavy atom. The quantitative estimate of drug-likeness (QED) is 0.665. The van der Waals surface area contributed by atoms with Crippen LogP contribution in [0.4, 0.5) is 0 Å². The van der Waals surface area contributed by atoms with Crippen molar-refractivity contribution in [1.29, 1.82) is 0 Å². The average molecular weight is 198 g/mol. The van der Waals surface area contributed by atoms with Gasteiger partial charge in [0, 0.05) is 18.9 Å². The van der Waals surface area contributed by atoms with Crippen molar-refractivity contribution in [1.82, 2.24) is 9.96 Å². The van der Waals surface area contributed by atoms with Gasteiger partial charge in [0.25, 0.3) is 0 Å². The fourth-order valence-corrected chi connectivity index (χ4v) is 1.87. The van der Waals surface area contributed by atoms with Crippen molar-refractivity contribution in [3.05, 3.63) is 12.4 Å². The zero-order valence-electron chi connectivity index (χ0n) is 9.32. The Labute approximate surface area is 87.0 Å². The maximum Gasteiger partial charge on any atom is 0.126 e. The molecule has 0 aromatic heterocycles. The summed E-state index contributed by atoms with van der Waals surface area (Å²) in [5.41, 5.74) is 0. The number of hydrogen-bond donors (Lipinski definition) is 1. The third kappa shape index (κ3) is 2.91. The van der Waals surface area contributed by atoms with E-state index in [-0.39, 0.29) is 6.17 Å². The fourth-order valence-electron chi connectivity index (χ4n) is 1.87. The molecule has 0 saturated carbocycles. The van der Waals surface area contributed by atoms with E-state index in [9.17, 15) is 5.21 Å². The van der Waals surface area contributed by atoms with Gasteiger partial charge in [-0.1, -0.05) is 26.2 Å². The van der Waals surface area contributed by atoms with E-state index in [1.165, 1.54) is 30.7 Å². The molecule has 0 amide bonds. The van der Waals surface area contributed by atoms with Crippen molar-refractivity contribution in [3.63, 3.8) is 0 Å². The van der Waals surface area contributed by atoms with Gasteiger partial charge in [-0.15, -0.1) is 0 Å². The Kier molecular flexibility index (Phi) is 4.80. The first-order valence-corrected chi connectivity index (χ1v) is 5.70. The molecule has 1 unspecified atom stereocenters. The highest BCUT2D eigenvalue weighted by molar-refractivity contribution is 4.92. The molecule has 0 bridgehead atoms. The summed E-state index contributed by atoms with van der Waals surface area (Å²) in [5, 5.41) is 10.9. The molecule has 0 fully saturated rings. The van der Waals surface area contributed by atoms with E-state index in [4.69, 9.17) is 0 Å². The van der Waals surface area contributed by atoms with Gasteiger partial charge >= 0.3 is 0 Å². The predicted octanol–water partition coefficient (Wildman–Crippen LogP) is 2.78. The molecule has 1 N–H and O–H groups in total. The molecule has 1 heterocycles. The maximum absolute atomic E-state index is 9.55. The first-order valence-electron chi connectivity index (χ1n) is 5.70. The molecule has 3 heteroatoms. The molecule has 1 atom stereocenters. The Morgan fingerprint density at radius 1 is 1.14 bits per heavy atom. The molecule has 14 heavy (non-hydrogen) atoms. The molecule has 1 aliphatic heterocycles. The summed E-state index contributed by atoms with van der Waals surface area (Å²) in [5.74, 6) is 0. The third-order valence-electron chi connectivity index (χ3n) is 2.78. The highest BCUT2D eigenvalue weighted by Crippen LogP contribution is 2.19. The standard InChI is InChI=1S/C11H22N2O/c1-3-5-6-7-8-11-12(4-2)9-10-13(11)14/h9-11,14H,3-8H2,1-2H3. The van der Waals surface area contributed by atoms with Crippen LogP contribution in [0.25, 0.3) is 0 Å². The molecule has 0 aromatic carbocycles. The molecule has 0 aliphatic carbocycles. The van der Waals surface area contributed by atoms with Gasteiger partial charge in [-0.25, -0.2) is 5.06 Å². The first-order chi connectivity index (χ1) is 6.79. The van der Waals surface area contributed by atoms with E-state index in [2.05, 4.69) is 18.7 Å². The number of unbranched alkanes of at least 4 members (excludes halogenated alkanes) is 3. The fraction of sp³-hybridized carbons (Fsp3) is 0.818. The van der Waals surface area contributed by atoms with Crippen molar-refractivity contribution in [2.45, 2.75) is 52.1 Å². The number of rotatable bonds is 6. The molecular weight excluding hydrogens is 176 g/mol. The van der Waals surface area contributed by atoms with E-state index in [0.717, 1.165) is 13.0 Å². The lowest BCUT2D eigenvalue weighted by Gasteiger charge is -2.27. The molecule has 0 spiro atoms. The molecule has 1 aliphatic rings.